The topological polar surface area (TPSA) is 49.3 Å². The minimum Gasteiger partial charge on any atom is -0.508 e. The largest absolute Gasteiger partial charge is 0.508 e. The van der Waals surface area contributed by atoms with Crippen LogP contribution in [-0.2, 0) is 6.42 Å². The molecule has 2 N–H and O–H groups in total. The van der Waals surface area contributed by atoms with E-state index in [-0.39, 0.29) is 11.7 Å². The number of hydrogen-bond acceptors (Lipinski definition) is 2. The molecular formula is C17H17NO2. The highest BCUT2D eigenvalue weighted by Crippen LogP contribution is 2.23. The predicted octanol–water partition coefficient (Wildman–Crippen LogP) is 3.68. The lowest BCUT2D eigenvalue weighted by Crippen LogP contribution is -2.14. The molecule has 0 radical (unpaired) electrons. The van der Waals surface area contributed by atoms with Crippen LogP contribution in [0.25, 0.3) is 0 Å². The van der Waals surface area contributed by atoms with Crippen LogP contribution in [0.4, 0.5) is 5.69 Å². The van der Waals surface area contributed by atoms with Gasteiger partial charge in [0, 0.05) is 16.8 Å². The average Bonchev–Trinajstić information content (AvgIpc) is 2.43. The van der Waals surface area contributed by atoms with E-state index in [1.807, 2.05) is 31.2 Å². The van der Waals surface area contributed by atoms with E-state index < -0.39 is 0 Å². The van der Waals surface area contributed by atoms with Gasteiger partial charge in [0.1, 0.15) is 5.75 Å². The Labute approximate surface area is 118 Å². The summed E-state index contributed by atoms with van der Waals surface area (Å²) in [7, 11) is 0. The molecule has 2 aromatic carbocycles. The molecule has 3 nitrogen and oxygen atoms in total. The van der Waals surface area contributed by atoms with Crippen molar-refractivity contribution in [3.8, 4) is 5.75 Å². The molecule has 0 saturated carbocycles. The molecule has 0 saturated heterocycles. The second-order valence-electron chi connectivity index (χ2n) is 4.62. The number of aryl methyl sites for hydroxylation is 1. The second kappa shape index (κ2) is 6.06. The second-order valence-corrected chi connectivity index (χ2v) is 4.62. The van der Waals surface area contributed by atoms with Gasteiger partial charge in [0.05, 0.1) is 0 Å². The van der Waals surface area contributed by atoms with Gasteiger partial charge in [-0.05, 0) is 37.6 Å². The van der Waals surface area contributed by atoms with Crippen molar-refractivity contribution < 1.29 is 9.90 Å². The van der Waals surface area contributed by atoms with Crippen LogP contribution in [0.5, 0.6) is 5.75 Å². The van der Waals surface area contributed by atoms with Gasteiger partial charge in [-0.25, -0.2) is 0 Å². The smallest absolute Gasteiger partial charge is 0.256 e. The number of carbonyl (C=O) groups is 1. The van der Waals surface area contributed by atoms with Crippen LogP contribution >= 0.6 is 0 Å². The summed E-state index contributed by atoms with van der Waals surface area (Å²) in [5, 5.41) is 12.7. The molecule has 0 aromatic heterocycles. The molecule has 2 rings (SSSR count). The first kappa shape index (κ1) is 13.9. The molecule has 0 spiro atoms. The Bertz CT molecular complexity index is 630. The summed E-state index contributed by atoms with van der Waals surface area (Å²) in [6, 6.07) is 12.5. The molecule has 102 valence electrons. The van der Waals surface area contributed by atoms with Crippen LogP contribution in [0.1, 0.15) is 21.5 Å². The summed E-state index contributed by atoms with van der Waals surface area (Å²) in [6.07, 6.45) is 2.11. The van der Waals surface area contributed by atoms with Crippen molar-refractivity contribution in [2.75, 3.05) is 5.32 Å². The number of carbonyl (C=O) groups excluding carboxylic acids is 1. The van der Waals surface area contributed by atoms with Crippen molar-refractivity contribution in [2.24, 2.45) is 0 Å². The van der Waals surface area contributed by atoms with E-state index in [1.165, 1.54) is 0 Å². The fourth-order valence-corrected chi connectivity index (χ4v) is 1.98. The van der Waals surface area contributed by atoms with Gasteiger partial charge in [-0.2, -0.15) is 0 Å². The van der Waals surface area contributed by atoms with E-state index >= 15 is 0 Å². The van der Waals surface area contributed by atoms with Gasteiger partial charge in [0.25, 0.3) is 5.91 Å². The van der Waals surface area contributed by atoms with E-state index in [2.05, 4.69) is 11.9 Å². The standard InChI is InChI=1S/C17H17NO2/c1-3-5-14-15(6-4-7-16(14)19)17(20)18-13-10-8-12(2)9-11-13/h3-4,6-11,19H,1,5H2,2H3,(H,18,20). The Morgan fingerprint density at radius 1 is 1.25 bits per heavy atom. The van der Waals surface area contributed by atoms with Crippen molar-refractivity contribution in [1.29, 1.82) is 0 Å². The molecule has 0 atom stereocenters. The molecule has 0 bridgehead atoms. The number of anilines is 1. The lowest BCUT2D eigenvalue weighted by molar-refractivity contribution is 0.102. The SMILES string of the molecule is C=CCc1c(O)cccc1C(=O)Nc1ccc(C)cc1. The molecule has 2 aromatic rings. The summed E-state index contributed by atoms with van der Waals surface area (Å²) in [6.45, 7) is 5.64. The maximum atomic E-state index is 12.3. The van der Waals surface area contributed by atoms with E-state index in [9.17, 15) is 9.90 Å². The first-order valence-electron chi connectivity index (χ1n) is 6.41. The van der Waals surface area contributed by atoms with Crippen molar-refractivity contribution in [3.05, 3.63) is 71.8 Å². The monoisotopic (exact) mass is 267 g/mol. The van der Waals surface area contributed by atoms with Gasteiger partial charge in [-0.15, -0.1) is 6.58 Å². The van der Waals surface area contributed by atoms with Crippen molar-refractivity contribution in [3.63, 3.8) is 0 Å². The van der Waals surface area contributed by atoms with Crippen LogP contribution < -0.4 is 5.32 Å². The minimum absolute atomic E-state index is 0.112. The zero-order valence-corrected chi connectivity index (χ0v) is 11.4. The summed E-state index contributed by atoms with van der Waals surface area (Å²) >= 11 is 0. The Hall–Kier alpha value is -2.55. The molecule has 0 unspecified atom stereocenters. The number of nitrogens with one attached hydrogen (secondary N) is 1. The van der Waals surface area contributed by atoms with E-state index in [0.29, 0.717) is 17.5 Å². The Morgan fingerprint density at radius 2 is 1.95 bits per heavy atom. The summed E-state index contributed by atoms with van der Waals surface area (Å²) in [5.74, 6) is -0.122. The Kier molecular flexibility index (Phi) is 4.20. The van der Waals surface area contributed by atoms with E-state index in [4.69, 9.17) is 0 Å². The predicted molar refractivity (Wildman–Crippen MR) is 81.1 cm³/mol. The molecular weight excluding hydrogens is 250 g/mol. The van der Waals surface area contributed by atoms with Gasteiger partial charge in [0.2, 0.25) is 0 Å². The Balaban J connectivity index is 2.27. The fraction of sp³-hybridized carbons (Fsp3) is 0.118. The Morgan fingerprint density at radius 3 is 2.60 bits per heavy atom. The first-order valence-corrected chi connectivity index (χ1v) is 6.41. The van der Waals surface area contributed by atoms with Gasteiger partial charge >= 0.3 is 0 Å². The third-order valence-corrected chi connectivity index (χ3v) is 3.05. The highest BCUT2D eigenvalue weighted by atomic mass is 16.3. The number of allylic oxidation sites excluding steroid dienone is 1. The maximum Gasteiger partial charge on any atom is 0.256 e. The molecule has 3 heteroatoms. The highest BCUT2D eigenvalue weighted by Gasteiger charge is 2.13. The number of hydrogen-bond donors (Lipinski definition) is 2. The molecule has 0 aliphatic rings. The van der Waals surface area contributed by atoms with Crippen LogP contribution in [0.15, 0.2) is 55.1 Å². The number of amides is 1. The normalized spacial score (nSPS) is 10.1. The van der Waals surface area contributed by atoms with E-state index in [1.54, 1.807) is 24.3 Å². The van der Waals surface area contributed by atoms with Gasteiger partial charge in [-0.3, -0.25) is 4.79 Å². The van der Waals surface area contributed by atoms with E-state index in [0.717, 1.165) is 11.3 Å². The number of rotatable bonds is 4. The summed E-state index contributed by atoms with van der Waals surface area (Å²) < 4.78 is 0. The summed E-state index contributed by atoms with van der Waals surface area (Å²) in [5.41, 5.74) is 2.92. The van der Waals surface area contributed by atoms with Crippen molar-refractivity contribution in [2.45, 2.75) is 13.3 Å². The fourth-order valence-electron chi connectivity index (χ4n) is 1.98. The van der Waals surface area contributed by atoms with Gasteiger partial charge < -0.3 is 10.4 Å². The molecule has 0 aliphatic heterocycles. The molecule has 20 heavy (non-hydrogen) atoms. The van der Waals surface area contributed by atoms with Gasteiger partial charge in [-0.1, -0.05) is 29.8 Å². The molecule has 1 amide bonds. The molecule has 0 heterocycles. The molecule has 0 fully saturated rings. The maximum absolute atomic E-state index is 12.3. The highest BCUT2D eigenvalue weighted by molar-refractivity contribution is 6.05. The van der Waals surface area contributed by atoms with Crippen LogP contribution in [0.2, 0.25) is 0 Å². The average molecular weight is 267 g/mol. The third-order valence-electron chi connectivity index (χ3n) is 3.05. The lowest BCUT2D eigenvalue weighted by atomic mass is 10.0. The number of benzene rings is 2. The lowest BCUT2D eigenvalue weighted by Gasteiger charge is -2.10. The number of aromatic hydroxyl groups is 1. The van der Waals surface area contributed by atoms with Crippen LogP contribution in [-0.4, -0.2) is 11.0 Å². The number of phenolic OH excluding ortho intramolecular Hbond substituents is 1. The quantitative estimate of drug-likeness (QED) is 0.830. The summed E-state index contributed by atoms with van der Waals surface area (Å²) in [4.78, 5) is 12.3. The van der Waals surface area contributed by atoms with Crippen LogP contribution in [0.3, 0.4) is 0 Å². The zero-order chi connectivity index (χ0) is 14.5. The van der Waals surface area contributed by atoms with Crippen LogP contribution in [0, 0.1) is 6.92 Å². The van der Waals surface area contributed by atoms with Crippen molar-refractivity contribution >= 4 is 11.6 Å². The number of phenols is 1. The molecule has 0 aliphatic carbocycles. The van der Waals surface area contributed by atoms with Gasteiger partial charge in [0.15, 0.2) is 0 Å². The zero-order valence-electron chi connectivity index (χ0n) is 11.4. The van der Waals surface area contributed by atoms with Crippen molar-refractivity contribution in [1.82, 2.24) is 0 Å². The third kappa shape index (κ3) is 3.06. The minimum atomic E-state index is -0.235. The first-order chi connectivity index (χ1) is 9.61.